The van der Waals surface area contributed by atoms with Gasteiger partial charge in [-0.2, -0.15) is 9.50 Å². The fraction of sp³-hybridized carbons (Fsp3) is 0.167. The molecule has 1 aliphatic heterocycles. The van der Waals surface area contributed by atoms with Gasteiger partial charge in [0, 0.05) is 18.1 Å². The summed E-state index contributed by atoms with van der Waals surface area (Å²) in [6.45, 7) is 1.49. The van der Waals surface area contributed by atoms with Gasteiger partial charge in [0.2, 0.25) is 10.7 Å². The highest BCUT2D eigenvalue weighted by molar-refractivity contribution is 7.15. The predicted octanol–water partition coefficient (Wildman–Crippen LogP) is 3.40. The number of aliphatic carboxylic acids is 1. The average Bonchev–Trinajstić information content (AvgIpc) is 3.63. The summed E-state index contributed by atoms with van der Waals surface area (Å²) < 4.78 is 17.8. The summed E-state index contributed by atoms with van der Waals surface area (Å²) in [7, 11) is 4.57. The first-order valence-electron chi connectivity index (χ1n) is 12.7. The monoisotopic (exact) mass is 586 g/mol. The Morgan fingerprint density at radius 1 is 0.929 bits per heavy atom. The number of para-hydroxylation sites is 1. The summed E-state index contributed by atoms with van der Waals surface area (Å²) in [5.41, 5.74) is 3.06. The first kappa shape index (κ1) is 28.3. The molecule has 12 heteroatoms. The molecule has 3 aromatic carbocycles. The van der Waals surface area contributed by atoms with Gasteiger partial charge in [0.15, 0.2) is 17.3 Å². The molecule has 0 radical (unpaired) electrons. The van der Waals surface area contributed by atoms with E-state index in [0.29, 0.717) is 50.2 Å². The molecule has 0 aliphatic carbocycles. The Morgan fingerprint density at radius 2 is 1.55 bits per heavy atom. The number of amides is 1. The summed E-state index contributed by atoms with van der Waals surface area (Å²) in [6, 6.07) is 20.7. The number of benzene rings is 3. The van der Waals surface area contributed by atoms with Crippen LogP contribution in [-0.4, -0.2) is 52.9 Å². The molecule has 1 N–H and O–H groups in total. The summed E-state index contributed by atoms with van der Waals surface area (Å²) in [5.74, 6) is 0.617. The van der Waals surface area contributed by atoms with Crippen molar-refractivity contribution in [1.29, 1.82) is 0 Å². The van der Waals surface area contributed by atoms with Gasteiger partial charge in [0.05, 0.1) is 39.1 Å². The van der Waals surface area contributed by atoms with E-state index in [0.717, 1.165) is 35.1 Å². The number of rotatable bonds is 6. The summed E-state index contributed by atoms with van der Waals surface area (Å²) in [4.78, 5) is 42.9. The van der Waals surface area contributed by atoms with Crippen molar-refractivity contribution in [2.45, 2.75) is 13.5 Å². The van der Waals surface area contributed by atoms with Gasteiger partial charge in [-0.1, -0.05) is 59.9 Å². The van der Waals surface area contributed by atoms with E-state index < -0.39 is 11.5 Å². The maximum Gasteiger partial charge on any atom is 0.300 e. The normalized spacial score (nSPS) is 13.4. The van der Waals surface area contributed by atoms with E-state index in [4.69, 9.17) is 24.1 Å². The number of nitrogens with zero attached hydrogens (tertiary/aromatic N) is 4. The number of carbonyl (C=O) groups is 2. The first-order chi connectivity index (χ1) is 20.3. The number of carboxylic acid groups (broad SMARTS) is 1. The van der Waals surface area contributed by atoms with E-state index in [2.05, 4.69) is 10.1 Å². The van der Waals surface area contributed by atoms with Crippen LogP contribution in [0.3, 0.4) is 0 Å². The maximum absolute atomic E-state index is 13.7. The van der Waals surface area contributed by atoms with Gasteiger partial charge in [-0.15, -0.1) is 5.10 Å². The molecule has 0 fully saturated rings. The topological polar surface area (TPSA) is 133 Å². The quantitative estimate of drug-likeness (QED) is 0.318. The van der Waals surface area contributed by atoms with E-state index in [-0.39, 0.29) is 5.91 Å². The fourth-order valence-electron chi connectivity index (χ4n) is 4.64. The lowest BCUT2D eigenvalue weighted by molar-refractivity contribution is -0.134. The van der Waals surface area contributed by atoms with E-state index >= 15 is 0 Å². The number of carbonyl (C=O) groups excluding carboxylic acids is 1. The SMILES string of the molecule is CC(=O)O.COc1cc(-c2nc3s/c(=C4\C(=O)N(Cc5ccccc5)c5ccccc54)c(=O)n3n2)cc(OC)c1OC. The molecule has 1 aliphatic rings. The van der Waals surface area contributed by atoms with Crippen molar-refractivity contribution in [3.8, 4) is 28.6 Å². The zero-order chi connectivity index (χ0) is 30.0. The Hall–Kier alpha value is -5.23. The lowest BCUT2D eigenvalue weighted by Gasteiger charge is -2.17. The Morgan fingerprint density at radius 3 is 2.14 bits per heavy atom. The first-order valence-corrected chi connectivity index (χ1v) is 13.5. The van der Waals surface area contributed by atoms with E-state index in [9.17, 15) is 9.59 Å². The standard InChI is InChI=1S/C28H22N4O5S.C2H4O2/c1-35-20-13-17(14-21(36-2)23(20)37-3)25-29-28-32(30-25)27(34)24(38-28)22-18-11-7-8-12-19(18)31(26(22)33)15-16-9-5-4-6-10-16;1-2(3)4/h4-14H,15H2,1-3H3;1H3,(H,3,4)/b24-22-;. The molecule has 214 valence electrons. The fourth-order valence-corrected chi connectivity index (χ4v) is 5.64. The van der Waals surface area contributed by atoms with E-state index in [1.165, 1.54) is 25.8 Å². The highest BCUT2D eigenvalue weighted by Crippen LogP contribution is 2.41. The highest BCUT2D eigenvalue weighted by Gasteiger charge is 2.34. The number of hydrogen-bond donors (Lipinski definition) is 1. The number of carboxylic acids is 1. The summed E-state index contributed by atoms with van der Waals surface area (Å²) in [5, 5.41) is 11.9. The number of fused-ring (bicyclic) bond motifs is 2. The third-order valence-electron chi connectivity index (χ3n) is 6.41. The largest absolute Gasteiger partial charge is 0.493 e. The second-order valence-electron chi connectivity index (χ2n) is 9.07. The molecule has 0 unspecified atom stereocenters. The van der Waals surface area contributed by atoms with Crippen LogP contribution in [0.15, 0.2) is 71.5 Å². The minimum absolute atomic E-state index is 0.221. The second-order valence-corrected chi connectivity index (χ2v) is 10.0. The van der Waals surface area contributed by atoms with Gasteiger partial charge >= 0.3 is 0 Å². The van der Waals surface area contributed by atoms with Crippen molar-refractivity contribution in [3.63, 3.8) is 0 Å². The van der Waals surface area contributed by atoms with Crippen molar-refractivity contribution in [3.05, 3.63) is 92.7 Å². The van der Waals surface area contributed by atoms with Crippen LogP contribution in [0.5, 0.6) is 17.2 Å². The predicted molar refractivity (Wildman–Crippen MR) is 157 cm³/mol. The number of thiazole rings is 1. The maximum atomic E-state index is 13.7. The molecule has 0 saturated heterocycles. The molecule has 0 bridgehead atoms. The molecule has 11 nitrogen and oxygen atoms in total. The van der Waals surface area contributed by atoms with Gasteiger partial charge in [-0.05, 0) is 23.8 Å². The Balaban J connectivity index is 0.000000830. The molecular weight excluding hydrogens is 560 g/mol. The molecular formula is C30H26N4O7S. The van der Waals surface area contributed by atoms with Gasteiger partial charge in [0.1, 0.15) is 4.53 Å². The Kier molecular flexibility index (Phi) is 7.89. The van der Waals surface area contributed by atoms with Crippen molar-refractivity contribution >= 4 is 39.4 Å². The van der Waals surface area contributed by atoms with Crippen LogP contribution in [0.2, 0.25) is 0 Å². The van der Waals surface area contributed by atoms with Crippen molar-refractivity contribution < 1.29 is 28.9 Å². The van der Waals surface area contributed by atoms with Gasteiger partial charge in [-0.3, -0.25) is 14.4 Å². The van der Waals surface area contributed by atoms with Crippen molar-refractivity contribution in [1.82, 2.24) is 14.6 Å². The minimum atomic E-state index is -0.833. The number of methoxy groups -OCH3 is 3. The Bertz CT molecular complexity index is 1890. The van der Waals surface area contributed by atoms with Crippen LogP contribution in [0.4, 0.5) is 5.69 Å². The van der Waals surface area contributed by atoms with Crippen LogP contribution in [-0.2, 0) is 16.1 Å². The second kappa shape index (κ2) is 11.7. The van der Waals surface area contributed by atoms with Crippen LogP contribution >= 0.6 is 11.3 Å². The zero-order valence-corrected chi connectivity index (χ0v) is 24.0. The van der Waals surface area contributed by atoms with E-state index in [1.807, 2.05) is 54.6 Å². The number of hydrogen-bond acceptors (Lipinski definition) is 9. The van der Waals surface area contributed by atoms with Gasteiger partial charge in [-0.25, -0.2) is 0 Å². The van der Waals surface area contributed by atoms with Crippen molar-refractivity contribution in [2.24, 2.45) is 0 Å². The molecule has 42 heavy (non-hydrogen) atoms. The molecule has 0 atom stereocenters. The number of anilines is 1. The smallest absolute Gasteiger partial charge is 0.300 e. The van der Waals surface area contributed by atoms with Crippen LogP contribution in [0, 0.1) is 0 Å². The molecule has 1 amide bonds. The summed E-state index contributed by atoms with van der Waals surface area (Å²) in [6.07, 6.45) is 0. The number of ether oxygens (including phenoxy) is 3. The lowest BCUT2D eigenvalue weighted by Crippen LogP contribution is -2.32. The van der Waals surface area contributed by atoms with Crippen LogP contribution in [0.25, 0.3) is 21.9 Å². The minimum Gasteiger partial charge on any atom is -0.493 e. The molecule has 3 heterocycles. The molecule has 6 rings (SSSR count). The average molecular weight is 587 g/mol. The zero-order valence-electron chi connectivity index (χ0n) is 23.2. The summed E-state index contributed by atoms with van der Waals surface area (Å²) >= 11 is 1.15. The number of aromatic nitrogens is 3. The Labute approximate surface area is 243 Å². The molecule has 5 aromatic rings. The van der Waals surface area contributed by atoms with Crippen LogP contribution < -0.4 is 29.2 Å². The highest BCUT2D eigenvalue weighted by atomic mass is 32.1. The lowest BCUT2D eigenvalue weighted by atomic mass is 10.1. The molecule has 0 spiro atoms. The third kappa shape index (κ3) is 5.15. The van der Waals surface area contributed by atoms with E-state index in [1.54, 1.807) is 17.0 Å². The van der Waals surface area contributed by atoms with Gasteiger partial charge in [0.25, 0.3) is 17.4 Å². The van der Waals surface area contributed by atoms with Gasteiger partial charge < -0.3 is 24.2 Å². The van der Waals surface area contributed by atoms with Crippen molar-refractivity contribution in [2.75, 3.05) is 26.2 Å². The third-order valence-corrected chi connectivity index (χ3v) is 7.44. The molecule has 0 saturated carbocycles. The molecule has 2 aromatic heterocycles. The van der Waals surface area contributed by atoms with Crippen LogP contribution in [0.1, 0.15) is 18.1 Å².